The van der Waals surface area contributed by atoms with Crippen LogP contribution in [0.15, 0.2) is 47.6 Å². The first-order valence-electron chi connectivity index (χ1n) is 8.73. The highest BCUT2D eigenvalue weighted by molar-refractivity contribution is 5.80. The second-order valence-corrected chi connectivity index (χ2v) is 6.26. The summed E-state index contributed by atoms with van der Waals surface area (Å²) in [6, 6.07) is 9.64. The molecule has 0 atom stereocenters. The Morgan fingerprint density at radius 3 is 2.73 bits per heavy atom. The van der Waals surface area contributed by atoms with E-state index in [9.17, 15) is 8.78 Å². The number of anilines is 1. The van der Waals surface area contributed by atoms with Crippen LogP contribution in [0.2, 0.25) is 0 Å². The van der Waals surface area contributed by atoms with Crippen molar-refractivity contribution in [3.63, 3.8) is 0 Å². The van der Waals surface area contributed by atoms with Gasteiger partial charge in [0.15, 0.2) is 5.96 Å². The van der Waals surface area contributed by atoms with Crippen LogP contribution in [0.5, 0.6) is 0 Å². The largest absolute Gasteiger partial charge is 0.356 e. The number of piperidine rings is 1. The summed E-state index contributed by atoms with van der Waals surface area (Å²) in [5, 5.41) is 6.41. The number of aliphatic imine (C=N–C) groups is 1. The SMILES string of the molecule is CN=C(NCc1cc(F)ccc1F)NC1CCN(c2ccccn2)CC1. The van der Waals surface area contributed by atoms with Crippen LogP contribution in [-0.4, -0.2) is 37.1 Å². The number of rotatable bonds is 4. The van der Waals surface area contributed by atoms with E-state index in [-0.39, 0.29) is 18.2 Å². The van der Waals surface area contributed by atoms with E-state index >= 15 is 0 Å². The fourth-order valence-corrected chi connectivity index (χ4v) is 3.04. The summed E-state index contributed by atoms with van der Waals surface area (Å²) in [5.41, 5.74) is 0.276. The molecule has 5 nitrogen and oxygen atoms in total. The first-order valence-corrected chi connectivity index (χ1v) is 8.73. The topological polar surface area (TPSA) is 52.6 Å². The average molecular weight is 359 g/mol. The Morgan fingerprint density at radius 1 is 1.23 bits per heavy atom. The molecule has 1 saturated heterocycles. The molecule has 0 bridgehead atoms. The van der Waals surface area contributed by atoms with Gasteiger partial charge in [-0.3, -0.25) is 4.99 Å². The lowest BCUT2D eigenvalue weighted by Crippen LogP contribution is -2.48. The van der Waals surface area contributed by atoms with E-state index in [2.05, 4.69) is 25.5 Å². The van der Waals surface area contributed by atoms with Gasteiger partial charge in [-0.25, -0.2) is 13.8 Å². The second kappa shape index (κ2) is 8.60. The molecule has 26 heavy (non-hydrogen) atoms. The minimum absolute atomic E-state index is 0.177. The van der Waals surface area contributed by atoms with Crippen LogP contribution in [0.3, 0.4) is 0 Å². The lowest BCUT2D eigenvalue weighted by molar-refractivity contribution is 0.459. The predicted octanol–water partition coefficient (Wildman–Crippen LogP) is 2.69. The summed E-state index contributed by atoms with van der Waals surface area (Å²) in [4.78, 5) is 10.8. The molecule has 2 N–H and O–H groups in total. The van der Waals surface area contributed by atoms with E-state index in [0.717, 1.165) is 43.9 Å². The normalized spacial score (nSPS) is 15.8. The third-order valence-corrected chi connectivity index (χ3v) is 4.49. The molecular formula is C19H23F2N5. The van der Waals surface area contributed by atoms with E-state index in [1.165, 1.54) is 6.07 Å². The van der Waals surface area contributed by atoms with E-state index in [0.29, 0.717) is 5.96 Å². The standard InChI is InChI=1S/C19H23F2N5/c1-22-19(24-13-14-12-15(20)5-6-17(14)21)25-16-7-10-26(11-8-16)18-4-2-3-9-23-18/h2-6,9,12,16H,7-8,10-11,13H2,1H3,(H2,22,24,25). The minimum Gasteiger partial charge on any atom is -0.356 e. The van der Waals surface area contributed by atoms with Crippen molar-refractivity contribution < 1.29 is 8.78 Å². The summed E-state index contributed by atoms with van der Waals surface area (Å²) in [7, 11) is 1.67. The van der Waals surface area contributed by atoms with Crippen molar-refractivity contribution in [2.45, 2.75) is 25.4 Å². The van der Waals surface area contributed by atoms with Crippen molar-refractivity contribution in [2.75, 3.05) is 25.0 Å². The zero-order chi connectivity index (χ0) is 18.4. The van der Waals surface area contributed by atoms with Crippen molar-refractivity contribution in [3.8, 4) is 0 Å². The number of nitrogens with zero attached hydrogens (tertiary/aromatic N) is 3. The van der Waals surface area contributed by atoms with Gasteiger partial charge >= 0.3 is 0 Å². The number of nitrogens with one attached hydrogen (secondary N) is 2. The van der Waals surface area contributed by atoms with Crippen LogP contribution in [0.25, 0.3) is 0 Å². The van der Waals surface area contributed by atoms with Crippen LogP contribution in [0.4, 0.5) is 14.6 Å². The van der Waals surface area contributed by atoms with Crippen LogP contribution < -0.4 is 15.5 Å². The molecule has 1 fully saturated rings. The van der Waals surface area contributed by atoms with Gasteiger partial charge in [0.1, 0.15) is 17.5 Å². The quantitative estimate of drug-likeness (QED) is 0.651. The maximum Gasteiger partial charge on any atom is 0.191 e. The third kappa shape index (κ3) is 4.68. The van der Waals surface area contributed by atoms with Crippen molar-refractivity contribution in [3.05, 3.63) is 59.8 Å². The molecule has 1 aromatic heterocycles. The first-order chi connectivity index (χ1) is 12.7. The molecule has 0 unspecified atom stereocenters. The van der Waals surface area contributed by atoms with Gasteiger partial charge < -0.3 is 15.5 Å². The van der Waals surface area contributed by atoms with Gasteiger partial charge in [-0.05, 0) is 43.2 Å². The zero-order valence-electron chi connectivity index (χ0n) is 14.8. The van der Waals surface area contributed by atoms with Crippen molar-refractivity contribution in [1.29, 1.82) is 0 Å². The molecule has 1 aliphatic heterocycles. The lowest BCUT2D eigenvalue weighted by atomic mass is 10.1. The van der Waals surface area contributed by atoms with E-state index < -0.39 is 11.6 Å². The molecule has 3 rings (SSSR count). The predicted molar refractivity (Wildman–Crippen MR) is 99.2 cm³/mol. The Labute approximate surface area is 152 Å². The Bertz CT molecular complexity index is 743. The highest BCUT2D eigenvalue weighted by Gasteiger charge is 2.20. The van der Waals surface area contributed by atoms with Gasteiger partial charge in [0, 0.05) is 44.5 Å². The first kappa shape index (κ1) is 18.1. The van der Waals surface area contributed by atoms with Crippen LogP contribution in [-0.2, 0) is 6.54 Å². The molecule has 2 aromatic rings. The van der Waals surface area contributed by atoms with Gasteiger partial charge in [0.2, 0.25) is 0 Å². The second-order valence-electron chi connectivity index (χ2n) is 6.26. The monoisotopic (exact) mass is 359 g/mol. The molecule has 0 aliphatic carbocycles. The van der Waals surface area contributed by atoms with Crippen molar-refractivity contribution >= 4 is 11.8 Å². The van der Waals surface area contributed by atoms with Crippen LogP contribution in [0, 0.1) is 11.6 Å². The highest BCUT2D eigenvalue weighted by Crippen LogP contribution is 2.17. The van der Waals surface area contributed by atoms with Gasteiger partial charge in [0.25, 0.3) is 0 Å². The van der Waals surface area contributed by atoms with Crippen LogP contribution >= 0.6 is 0 Å². The Kier molecular flexibility index (Phi) is 5.99. The number of benzene rings is 1. The zero-order valence-corrected chi connectivity index (χ0v) is 14.8. The molecule has 0 radical (unpaired) electrons. The smallest absolute Gasteiger partial charge is 0.191 e. The molecule has 1 aliphatic rings. The van der Waals surface area contributed by atoms with Gasteiger partial charge in [0.05, 0.1) is 0 Å². The molecular weight excluding hydrogens is 336 g/mol. The molecule has 0 amide bonds. The fourth-order valence-electron chi connectivity index (χ4n) is 3.04. The molecule has 2 heterocycles. The Balaban J connectivity index is 1.49. The van der Waals surface area contributed by atoms with Crippen molar-refractivity contribution in [2.24, 2.45) is 4.99 Å². The van der Waals surface area contributed by atoms with Crippen LogP contribution in [0.1, 0.15) is 18.4 Å². The van der Waals surface area contributed by atoms with E-state index in [1.54, 1.807) is 13.2 Å². The molecule has 0 saturated carbocycles. The summed E-state index contributed by atoms with van der Waals surface area (Å²) in [5.74, 6) is 0.700. The van der Waals surface area contributed by atoms with Gasteiger partial charge in [-0.2, -0.15) is 0 Å². The number of halogens is 2. The highest BCUT2D eigenvalue weighted by atomic mass is 19.1. The van der Waals surface area contributed by atoms with Gasteiger partial charge in [-0.15, -0.1) is 0 Å². The lowest BCUT2D eigenvalue weighted by Gasteiger charge is -2.33. The summed E-state index contributed by atoms with van der Waals surface area (Å²) in [6.07, 6.45) is 3.70. The summed E-state index contributed by atoms with van der Waals surface area (Å²) >= 11 is 0. The average Bonchev–Trinajstić information content (AvgIpc) is 2.68. The molecule has 138 valence electrons. The number of hydrogen-bond donors (Lipinski definition) is 2. The van der Waals surface area contributed by atoms with Crippen molar-refractivity contribution in [1.82, 2.24) is 15.6 Å². The maximum absolute atomic E-state index is 13.7. The molecule has 1 aromatic carbocycles. The van der Waals surface area contributed by atoms with Gasteiger partial charge in [-0.1, -0.05) is 6.07 Å². The van der Waals surface area contributed by atoms with E-state index in [1.807, 2.05) is 18.2 Å². The molecule has 7 heteroatoms. The number of guanidine groups is 1. The summed E-state index contributed by atoms with van der Waals surface area (Å²) in [6.45, 7) is 1.99. The maximum atomic E-state index is 13.7. The third-order valence-electron chi connectivity index (χ3n) is 4.49. The molecule has 0 spiro atoms. The fraction of sp³-hybridized carbons (Fsp3) is 0.368. The summed E-state index contributed by atoms with van der Waals surface area (Å²) < 4.78 is 27.0. The Morgan fingerprint density at radius 2 is 2.04 bits per heavy atom. The van der Waals surface area contributed by atoms with E-state index in [4.69, 9.17) is 0 Å². The minimum atomic E-state index is -0.451. The number of aromatic nitrogens is 1. The Hall–Kier alpha value is -2.70. The number of pyridine rings is 1. The number of hydrogen-bond acceptors (Lipinski definition) is 3.